The number of anilines is 1. The van der Waals surface area contributed by atoms with Crippen molar-refractivity contribution in [2.75, 3.05) is 12.3 Å². The van der Waals surface area contributed by atoms with Gasteiger partial charge in [0.15, 0.2) is 11.8 Å². The van der Waals surface area contributed by atoms with Crippen LogP contribution in [0.3, 0.4) is 0 Å². The van der Waals surface area contributed by atoms with Gasteiger partial charge in [-0.25, -0.2) is 4.79 Å². The second-order valence-electron chi connectivity index (χ2n) is 4.66. The zero-order valence-electron chi connectivity index (χ0n) is 13.4. The maximum atomic E-state index is 12.1. The predicted molar refractivity (Wildman–Crippen MR) is 73.0 cm³/mol. The quantitative estimate of drug-likeness (QED) is 0.471. The van der Waals surface area contributed by atoms with E-state index in [2.05, 4.69) is 16.8 Å². The molecule has 8 nitrogen and oxygen atoms in total. The van der Waals surface area contributed by atoms with Crippen LogP contribution < -0.4 is 11.4 Å². The van der Waals surface area contributed by atoms with Gasteiger partial charge in [0, 0.05) is 5.69 Å². The molecule has 1 saturated heterocycles. The molecule has 1 aliphatic heterocycles. The molecule has 8 heteroatoms. The molecular formula is C13H17N3O5. The van der Waals surface area contributed by atoms with Crippen LogP contribution in [0.4, 0.5) is 5.82 Å². The zero-order chi connectivity index (χ0) is 17.6. The fourth-order valence-corrected chi connectivity index (χ4v) is 2.30. The van der Waals surface area contributed by atoms with Crippen LogP contribution >= 0.6 is 0 Å². The zero-order valence-corrected chi connectivity index (χ0v) is 11.4. The van der Waals surface area contributed by atoms with Crippen LogP contribution in [-0.4, -0.2) is 49.2 Å². The number of hydrogen-bond donors (Lipinski definition) is 4. The minimum Gasteiger partial charge on any atom is -0.394 e. The van der Waals surface area contributed by atoms with Gasteiger partial charge in [0.05, 0.1) is 9.30 Å². The Hall–Kier alpha value is -1.92. The van der Waals surface area contributed by atoms with Gasteiger partial charge in [0.1, 0.15) is 18.0 Å². The van der Waals surface area contributed by atoms with Crippen molar-refractivity contribution >= 4 is 5.82 Å². The number of aliphatic hydroxyl groups excluding tert-OH is 1. The third kappa shape index (κ3) is 2.41. The van der Waals surface area contributed by atoms with Crippen molar-refractivity contribution in [2.24, 2.45) is 0 Å². The number of rotatable bonds is 2. The van der Waals surface area contributed by atoms with Gasteiger partial charge in [0.2, 0.25) is 0 Å². The first-order valence-corrected chi connectivity index (χ1v) is 6.10. The van der Waals surface area contributed by atoms with Gasteiger partial charge in [-0.1, -0.05) is 5.92 Å². The van der Waals surface area contributed by atoms with Gasteiger partial charge in [-0.3, -0.25) is 4.57 Å². The van der Waals surface area contributed by atoms with E-state index in [-0.39, 0.29) is 11.5 Å². The van der Waals surface area contributed by atoms with Crippen LogP contribution in [0.15, 0.2) is 10.9 Å². The maximum Gasteiger partial charge on any atom is 0.351 e. The van der Waals surface area contributed by atoms with E-state index in [4.69, 9.17) is 13.2 Å². The molecule has 2 heterocycles. The largest absolute Gasteiger partial charge is 0.394 e. The molecule has 0 radical (unpaired) electrons. The average Bonchev–Trinajstić information content (AvgIpc) is 2.63. The normalized spacial score (nSPS) is 33.9. The highest BCUT2D eigenvalue weighted by molar-refractivity contribution is 5.30. The Morgan fingerprint density at radius 2 is 2.38 bits per heavy atom. The van der Waals surface area contributed by atoms with Crippen molar-refractivity contribution < 1.29 is 22.8 Å². The van der Waals surface area contributed by atoms with Crippen LogP contribution in [0, 0.1) is 18.8 Å². The molecule has 1 fully saturated rings. The van der Waals surface area contributed by atoms with Crippen LogP contribution in [0.25, 0.3) is 0 Å². The van der Waals surface area contributed by atoms with Crippen molar-refractivity contribution in [3.05, 3.63) is 22.2 Å². The fraction of sp³-hybridized carbons (Fsp3) is 0.538. The predicted octanol–water partition coefficient (Wildman–Crippen LogP) is -1.86. The summed E-state index contributed by atoms with van der Waals surface area (Å²) in [6.07, 6.45) is -5.29. The molecule has 4 atom stereocenters. The molecule has 114 valence electrons. The monoisotopic (exact) mass is 297 g/mol. The molecule has 0 bridgehead atoms. The van der Waals surface area contributed by atoms with E-state index in [1.807, 2.05) is 0 Å². The Bertz CT molecular complexity index is 736. The molecule has 0 spiro atoms. The number of nitrogens with two attached hydrogens (primary N) is 1. The summed E-state index contributed by atoms with van der Waals surface area (Å²) in [4.78, 5) is 15.6. The standard InChI is InChI=1S/C13H17N3O5/c1-3-4-13(20)10(18)8(6-17)21-11(13)16-7(2)5-9(14)15-12(16)19/h5,8,10-11,17-18,20H,6H2,1-2H3,(H2,14,15,19)/t8-,10+,11-,13?/m1/s1/i6D2. The summed E-state index contributed by atoms with van der Waals surface area (Å²) in [5, 5.41) is 30.4. The highest BCUT2D eigenvalue weighted by Crippen LogP contribution is 2.37. The summed E-state index contributed by atoms with van der Waals surface area (Å²) < 4.78 is 20.8. The van der Waals surface area contributed by atoms with Crippen molar-refractivity contribution in [3.63, 3.8) is 0 Å². The number of aryl methyl sites for hydroxylation is 1. The SMILES string of the molecule is [2H]C([2H])(O)[C@H]1O[C@@H](n2c(C)cc(N)nc2=O)C(O)(C#CC)[C@H]1O. The minimum absolute atomic E-state index is 0.0403. The average molecular weight is 297 g/mol. The van der Waals surface area contributed by atoms with Gasteiger partial charge in [-0.15, -0.1) is 5.92 Å². The van der Waals surface area contributed by atoms with Crippen LogP contribution in [-0.2, 0) is 4.74 Å². The Morgan fingerprint density at radius 3 is 2.90 bits per heavy atom. The number of nitrogens with zero attached hydrogens (tertiary/aromatic N) is 2. The number of aliphatic hydroxyl groups is 3. The van der Waals surface area contributed by atoms with Gasteiger partial charge in [-0.05, 0) is 19.9 Å². The molecule has 1 aliphatic rings. The summed E-state index contributed by atoms with van der Waals surface area (Å²) in [6.45, 7) is -0.0776. The molecule has 21 heavy (non-hydrogen) atoms. The maximum absolute atomic E-state index is 12.1. The highest BCUT2D eigenvalue weighted by Gasteiger charge is 2.56. The summed E-state index contributed by atoms with van der Waals surface area (Å²) in [5.74, 6) is 4.68. The topological polar surface area (TPSA) is 131 Å². The van der Waals surface area contributed by atoms with Gasteiger partial charge in [-0.2, -0.15) is 4.98 Å². The highest BCUT2D eigenvalue weighted by atomic mass is 16.6. The first kappa shape index (κ1) is 12.8. The first-order chi connectivity index (χ1) is 10.5. The van der Waals surface area contributed by atoms with Crippen molar-refractivity contribution in [1.82, 2.24) is 9.55 Å². The van der Waals surface area contributed by atoms with Gasteiger partial charge >= 0.3 is 5.69 Å². The van der Waals surface area contributed by atoms with E-state index < -0.39 is 36.3 Å². The summed E-state index contributed by atoms with van der Waals surface area (Å²) >= 11 is 0. The number of ether oxygens (including phenoxy) is 1. The second-order valence-corrected chi connectivity index (χ2v) is 4.66. The first-order valence-electron chi connectivity index (χ1n) is 7.10. The van der Waals surface area contributed by atoms with Crippen LogP contribution in [0.2, 0.25) is 0 Å². The Labute approximate surface area is 123 Å². The summed E-state index contributed by atoms with van der Waals surface area (Å²) in [7, 11) is 0. The van der Waals surface area contributed by atoms with Crippen molar-refractivity contribution in [3.8, 4) is 11.8 Å². The van der Waals surface area contributed by atoms with E-state index in [0.29, 0.717) is 0 Å². The second kappa shape index (κ2) is 5.46. The molecule has 0 saturated carbocycles. The Kier molecular flexibility index (Phi) is 3.33. The number of hydrogen-bond acceptors (Lipinski definition) is 7. The lowest BCUT2D eigenvalue weighted by Crippen LogP contribution is -2.48. The van der Waals surface area contributed by atoms with Crippen molar-refractivity contribution in [2.45, 2.75) is 37.9 Å². The Morgan fingerprint density at radius 1 is 1.71 bits per heavy atom. The molecule has 0 aromatic carbocycles. The molecule has 5 N–H and O–H groups in total. The molecular weight excluding hydrogens is 278 g/mol. The van der Waals surface area contributed by atoms with E-state index in [1.54, 1.807) is 0 Å². The summed E-state index contributed by atoms with van der Waals surface area (Å²) in [5.41, 5.74) is 2.55. The van der Waals surface area contributed by atoms with E-state index in [0.717, 1.165) is 4.57 Å². The van der Waals surface area contributed by atoms with E-state index in [9.17, 15) is 20.1 Å². The molecule has 0 amide bonds. The fourth-order valence-electron chi connectivity index (χ4n) is 2.30. The lowest BCUT2D eigenvalue weighted by molar-refractivity contribution is -0.0774. The third-order valence-electron chi connectivity index (χ3n) is 3.24. The lowest BCUT2D eigenvalue weighted by atomic mass is 9.94. The van der Waals surface area contributed by atoms with Crippen molar-refractivity contribution in [1.29, 1.82) is 0 Å². The number of nitrogen functional groups attached to an aromatic ring is 1. The molecule has 0 aliphatic carbocycles. The molecule has 2 rings (SSSR count). The summed E-state index contributed by atoms with van der Waals surface area (Å²) in [6, 6.07) is 1.35. The molecule has 1 aromatic rings. The number of aromatic nitrogens is 2. The smallest absolute Gasteiger partial charge is 0.351 e. The van der Waals surface area contributed by atoms with Gasteiger partial charge in [0.25, 0.3) is 0 Å². The van der Waals surface area contributed by atoms with Gasteiger partial charge < -0.3 is 25.8 Å². The van der Waals surface area contributed by atoms with Crippen LogP contribution in [0.1, 0.15) is 21.6 Å². The minimum atomic E-state index is -2.96. The molecule has 1 aromatic heterocycles. The van der Waals surface area contributed by atoms with Crippen LogP contribution in [0.5, 0.6) is 0 Å². The van der Waals surface area contributed by atoms with E-state index in [1.165, 1.54) is 19.9 Å². The third-order valence-corrected chi connectivity index (χ3v) is 3.24. The van der Waals surface area contributed by atoms with E-state index >= 15 is 0 Å². The Balaban J connectivity index is 2.65. The lowest BCUT2D eigenvalue weighted by Gasteiger charge is -2.27. The molecule has 1 unspecified atom stereocenters.